The van der Waals surface area contributed by atoms with Gasteiger partial charge in [0, 0.05) is 0 Å². The molecule has 0 aliphatic rings. The van der Waals surface area contributed by atoms with Crippen molar-refractivity contribution in [2.24, 2.45) is 0 Å². The van der Waals surface area contributed by atoms with Gasteiger partial charge in [0.05, 0.1) is 40.2 Å². The van der Waals surface area contributed by atoms with E-state index in [1.807, 2.05) is 0 Å². The lowest BCUT2D eigenvalue weighted by molar-refractivity contribution is 0.0687. The normalized spacial score (nSPS) is 12.5. The van der Waals surface area contributed by atoms with Gasteiger partial charge < -0.3 is 5.32 Å². The van der Waals surface area contributed by atoms with Gasteiger partial charge in [0.25, 0.3) is 5.91 Å². The predicted octanol–water partition coefficient (Wildman–Crippen LogP) is 4.56. The molecule has 2 aromatic carbocycles. The Kier molecular flexibility index (Phi) is 5.03. The summed E-state index contributed by atoms with van der Waals surface area (Å²) >= 11 is 0. The van der Waals surface area contributed by atoms with E-state index in [-0.39, 0.29) is 17.2 Å². The van der Waals surface area contributed by atoms with Gasteiger partial charge >= 0.3 is 6.55 Å². The van der Waals surface area contributed by atoms with Crippen LogP contribution in [0.1, 0.15) is 41.4 Å². The first kappa shape index (κ1) is 19.7. The zero-order valence-electron chi connectivity index (χ0n) is 16.2. The second-order valence-electron chi connectivity index (χ2n) is 6.83. The van der Waals surface area contributed by atoms with E-state index in [2.05, 4.69) is 15.4 Å². The summed E-state index contributed by atoms with van der Waals surface area (Å²) in [6.07, 6.45) is 1.39. The van der Waals surface area contributed by atoms with Crippen LogP contribution in [0.3, 0.4) is 0 Å². The van der Waals surface area contributed by atoms with Crippen molar-refractivity contribution in [1.29, 1.82) is 0 Å². The van der Waals surface area contributed by atoms with E-state index in [4.69, 9.17) is 0 Å². The molecular formula is C21H18F3N5O. The average molecular weight is 413 g/mol. The van der Waals surface area contributed by atoms with Crippen molar-refractivity contribution in [2.45, 2.75) is 26.4 Å². The maximum absolute atomic E-state index is 13.7. The number of carbonyl (C=O) groups excluding carboxylic acids is 1. The van der Waals surface area contributed by atoms with Crippen LogP contribution in [0.4, 0.5) is 13.2 Å². The number of imidazole rings is 1. The number of alkyl halides is 2. The van der Waals surface area contributed by atoms with Gasteiger partial charge in [-0.3, -0.25) is 9.36 Å². The highest BCUT2D eigenvalue weighted by Gasteiger charge is 2.24. The van der Waals surface area contributed by atoms with Crippen molar-refractivity contribution in [3.8, 4) is 5.69 Å². The molecule has 2 aromatic heterocycles. The molecule has 0 saturated heterocycles. The molecule has 9 heteroatoms. The van der Waals surface area contributed by atoms with E-state index in [0.29, 0.717) is 22.4 Å². The Labute approximate surface area is 170 Å². The van der Waals surface area contributed by atoms with Crippen molar-refractivity contribution >= 4 is 16.9 Å². The molecule has 1 amide bonds. The number of nitrogens with one attached hydrogen (secondary N) is 1. The lowest BCUT2D eigenvalue weighted by Gasteiger charge is -2.15. The molecule has 6 nitrogen and oxygen atoms in total. The van der Waals surface area contributed by atoms with Crippen molar-refractivity contribution < 1.29 is 18.0 Å². The Hall–Kier alpha value is -3.62. The summed E-state index contributed by atoms with van der Waals surface area (Å²) in [5, 5.41) is 6.90. The second kappa shape index (κ2) is 7.66. The van der Waals surface area contributed by atoms with Crippen LogP contribution in [0.15, 0.2) is 54.7 Å². The van der Waals surface area contributed by atoms with E-state index >= 15 is 0 Å². The van der Waals surface area contributed by atoms with Crippen LogP contribution < -0.4 is 5.32 Å². The van der Waals surface area contributed by atoms with Crippen LogP contribution >= 0.6 is 0 Å². The SMILES string of the molecule is Cc1c(C(=O)NC(C)c2nc3ccccc3n2C(F)F)cnn1-c1ccc(F)cc1. The molecule has 0 radical (unpaired) electrons. The maximum atomic E-state index is 13.7. The van der Waals surface area contributed by atoms with E-state index in [1.165, 1.54) is 23.0 Å². The van der Waals surface area contributed by atoms with Crippen LogP contribution in [0, 0.1) is 12.7 Å². The third kappa shape index (κ3) is 3.42. The lowest BCUT2D eigenvalue weighted by atomic mass is 10.2. The fourth-order valence-electron chi connectivity index (χ4n) is 3.39. The van der Waals surface area contributed by atoms with Crippen LogP contribution in [0.5, 0.6) is 0 Å². The molecule has 4 rings (SSSR count). The summed E-state index contributed by atoms with van der Waals surface area (Å²) in [5.41, 5.74) is 2.14. The smallest absolute Gasteiger partial charge is 0.320 e. The summed E-state index contributed by atoms with van der Waals surface area (Å²) in [4.78, 5) is 17.1. The van der Waals surface area contributed by atoms with Gasteiger partial charge in [0.1, 0.15) is 11.6 Å². The number of hydrogen-bond donors (Lipinski definition) is 1. The first-order chi connectivity index (χ1) is 14.4. The third-order valence-corrected chi connectivity index (χ3v) is 4.88. The summed E-state index contributed by atoms with van der Waals surface area (Å²) in [7, 11) is 0. The molecule has 1 atom stereocenters. The molecule has 0 aliphatic heterocycles. The molecule has 1 N–H and O–H groups in total. The van der Waals surface area contributed by atoms with Crippen LogP contribution in [-0.4, -0.2) is 25.2 Å². The van der Waals surface area contributed by atoms with Crippen LogP contribution in [-0.2, 0) is 0 Å². The molecule has 2 heterocycles. The molecule has 154 valence electrons. The van der Waals surface area contributed by atoms with Gasteiger partial charge in [-0.05, 0) is 50.2 Å². The Morgan fingerprint density at radius 2 is 1.80 bits per heavy atom. The van der Waals surface area contributed by atoms with Crippen molar-refractivity contribution in [3.63, 3.8) is 0 Å². The lowest BCUT2D eigenvalue weighted by Crippen LogP contribution is -2.29. The number of hydrogen-bond acceptors (Lipinski definition) is 3. The third-order valence-electron chi connectivity index (χ3n) is 4.88. The van der Waals surface area contributed by atoms with E-state index in [9.17, 15) is 18.0 Å². The molecular weight excluding hydrogens is 395 g/mol. The minimum Gasteiger partial charge on any atom is -0.342 e. The highest BCUT2D eigenvalue weighted by Crippen LogP contribution is 2.27. The quantitative estimate of drug-likeness (QED) is 0.522. The van der Waals surface area contributed by atoms with Gasteiger partial charge in [-0.25, -0.2) is 14.1 Å². The molecule has 0 bridgehead atoms. The molecule has 30 heavy (non-hydrogen) atoms. The minimum atomic E-state index is -2.80. The standard InChI is InChI=1S/C21H18F3N5O/c1-12(19-27-17-5-3-4-6-18(17)28(19)21(23)24)26-20(30)16-11-25-29(13(16)2)15-9-7-14(22)8-10-15/h3-12,21H,1-2H3,(H,26,30). The number of amides is 1. The zero-order valence-corrected chi connectivity index (χ0v) is 16.2. The molecule has 4 aromatic rings. The number of para-hydroxylation sites is 2. The van der Waals surface area contributed by atoms with Gasteiger partial charge in [0.2, 0.25) is 0 Å². The van der Waals surface area contributed by atoms with Gasteiger partial charge in [-0.2, -0.15) is 13.9 Å². The Morgan fingerprint density at radius 1 is 1.10 bits per heavy atom. The number of fused-ring (bicyclic) bond motifs is 1. The fourth-order valence-corrected chi connectivity index (χ4v) is 3.39. The number of carbonyl (C=O) groups is 1. The highest BCUT2D eigenvalue weighted by molar-refractivity contribution is 5.95. The summed E-state index contributed by atoms with van der Waals surface area (Å²) in [5.74, 6) is -0.790. The van der Waals surface area contributed by atoms with Gasteiger partial charge in [0.15, 0.2) is 0 Å². The molecule has 0 aliphatic carbocycles. The maximum Gasteiger partial charge on any atom is 0.320 e. The van der Waals surface area contributed by atoms with Crippen LogP contribution in [0.25, 0.3) is 16.7 Å². The summed E-state index contributed by atoms with van der Waals surface area (Å²) in [6.45, 7) is 0.497. The first-order valence-electron chi connectivity index (χ1n) is 9.23. The van der Waals surface area contributed by atoms with Gasteiger partial charge in [-0.15, -0.1) is 0 Å². The zero-order chi connectivity index (χ0) is 21.4. The fraction of sp³-hybridized carbons (Fsp3) is 0.190. The van der Waals surface area contributed by atoms with E-state index in [0.717, 1.165) is 4.57 Å². The Bertz CT molecular complexity index is 1210. The van der Waals surface area contributed by atoms with Crippen LogP contribution in [0.2, 0.25) is 0 Å². The molecule has 0 fully saturated rings. The Morgan fingerprint density at radius 3 is 2.50 bits per heavy atom. The summed E-state index contributed by atoms with van der Waals surface area (Å²) in [6, 6.07) is 11.5. The average Bonchev–Trinajstić information content (AvgIpc) is 3.29. The largest absolute Gasteiger partial charge is 0.342 e. The van der Waals surface area contributed by atoms with Crippen molar-refractivity contribution in [2.75, 3.05) is 0 Å². The first-order valence-corrected chi connectivity index (χ1v) is 9.23. The number of rotatable bonds is 5. The Balaban J connectivity index is 1.61. The molecule has 0 saturated carbocycles. The number of benzene rings is 2. The highest BCUT2D eigenvalue weighted by atomic mass is 19.3. The number of nitrogens with zero attached hydrogens (tertiary/aromatic N) is 4. The molecule has 1 unspecified atom stereocenters. The van der Waals surface area contributed by atoms with E-state index < -0.39 is 18.5 Å². The monoisotopic (exact) mass is 413 g/mol. The molecule has 0 spiro atoms. The second-order valence-corrected chi connectivity index (χ2v) is 6.83. The topological polar surface area (TPSA) is 64.7 Å². The van der Waals surface area contributed by atoms with E-state index in [1.54, 1.807) is 50.2 Å². The predicted molar refractivity (Wildman–Crippen MR) is 105 cm³/mol. The summed E-state index contributed by atoms with van der Waals surface area (Å²) < 4.78 is 42.8. The van der Waals surface area contributed by atoms with Gasteiger partial charge in [-0.1, -0.05) is 12.1 Å². The number of aromatic nitrogens is 4. The minimum absolute atomic E-state index is 0.0585. The van der Waals surface area contributed by atoms with Crippen molar-refractivity contribution in [3.05, 3.63) is 77.6 Å². The number of halogens is 3. The van der Waals surface area contributed by atoms with Crippen molar-refractivity contribution in [1.82, 2.24) is 24.6 Å².